The van der Waals surface area contributed by atoms with Gasteiger partial charge in [0.25, 0.3) is 0 Å². The van der Waals surface area contributed by atoms with Crippen LogP contribution in [0.3, 0.4) is 0 Å². The first-order chi connectivity index (χ1) is 7.23. The van der Waals surface area contributed by atoms with Crippen molar-refractivity contribution < 1.29 is 15.0 Å². The number of carboxylic acid groups (broad SMARTS) is 1. The first-order valence-corrected chi connectivity index (χ1v) is 5.83. The second kappa shape index (κ2) is 6.86. The summed E-state index contributed by atoms with van der Waals surface area (Å²) in [7, 11) is 0. The van der Waals surface area contributed by atoms with E-state index in [1.807, 2.05) is 0 Å². The maximum Gasteiger partial charge on any atom is 0.306 e. The lowest BCUT2D eigenvalue weighted by Crippen LogP contribution is -2.36. The third kappa shape index (κ3) is 8.68. The number of carbonyl (C=O) groups is 1. The second-order valence-corrected chi connectivity index (χ2v) is 5.64. The van der Waals surface area contributed by atoms with E-state index < -0.39 is 12.1 Å². The van der Waals surface area contributed by atoms with Gasteiger partial charge in [-0.3, -0.25) is 4.79 Å². The Hall–Kier alpha value is -0.610. The average molecular weight is 231 g/mol. The molecule has 0 aliphatic rings. The summed E-state index contributed by atoms with van der Waals surface area (Å²) < 4.78 is 0. The van der Waals surface area contributed by atoms with E-state index in [0.29, 0.717) is 12.5 Å². The number of carboxylic acids is 1. The molecule has 4 nitrogen and oxygen atoms in total. The normalized spacial score (nSPS) is 14.1. The summed E-state index contributed by atoms with van der Waals surface area (Å²) >= 11 is 0. The molecule has 0 saturated carbocycles. The molecule has 0 heterocycles. The Morgan fingerprint density at radius 1 is 1.38 bits per heavy atom. The van der Waals surface area contributed by atoms with Gasteiger partial charge in [-0.05, 0) is 17.8 Å². The van der Waals surface area contributed by atoms with Gasteiger partial charge < -0.3 is 15.5 Å². The quantitative estimate of drug-likeness (QED) is 0.592. The molecule has 0 saturated heterocycles. The van der Waals surface area contributed by atoms with Crippen LogP contribution in [0.15, 0.2) is 0 Å². The van der Waals surface area contributed by atoms with Gasteiger partial charge in [0.1, 0.15) is 0 Å². The van der Waals surface area contributed by atoms with Crippen molar-refractivity contribution in [2.24, 2.45) is 11.3 Å². The summed E-state index contributed by atoms with van der Waals surface area (Å²) in [6.07, 6.45) is 0.111. The van der Waals surface area contributed by atoms with E-state index in [1.165, 1.54) is 0 Å². The maximum atomic E-state index is 10.3. The zero-order valence-electron chi connectivity index (χ0n) is 10.8. The molecule has 16 heavy (non-hydrogen) atoms. The van der Waals surface area contributed by atoms with Crippen LogP contribution < -0.4 is 5.32 Å². The first-order valence-electron chi connectivity index (χ1n) is 5.83. The monoisotopic (exact) mass is 231 g/mol. The third-order valence-electron chi connectivity index (χ3n) is 2.35. The highest BCUT2D eigenvalue weighted by atomic mass is 16.4. The Labute approximate surface area is 98.1 Å². The number of hydrogen-bond donors (Lipinski definition) is 3. The smallest absolute Gasteiger partial charge is 0.306 e. The highest BCUT2D eigenvalue weighted by Gasteiger charge is 2.19. The second-order valence-electron chi connectivity index (χ2n) is 5.64. The van der Waals surface area contributed by atoms with Crippen molar-refractivity contribution >= 4 is 5.97 Å². The van der Waals surface area contributed by atoms with Gasteiger partial charge in [0.2, 0.25) is 0 Å². The Balaban J connectivity index is 3.75. The standard InChI is InChI=1S/C12H25NO3/c1-9(2)6-12(3,4)8-13-7-10(14)5-11(15)16/h9-10,13-14H,5-8H2,1-4H3,(H,15,16). The SMILES string of the molecule is CC(C)CC(C)(C)CNCC(O)CC(=O)O. The van der Waals surface area contributed by atoms with Crippen molar-refractivity contribution in [3.63, 3.8) is 0 Å². The molecular weight excluding hydrogens is 206 g/mol. The highest BCUT2D eigenvalue weighted by Crippen LogP contribution is 2.23. The Morgan fingerprint density at radius 3 is 2.38 bits per heavy atom. The molecule has 0 aliphatic carbocycles. The summed E-state index contributed by atoms with van der Waals surface area (Å²) in [5.74, 6) is -0.323. The van der Waals surface area contributed by atoms with Gasteiger partial charge in [0.05, 0.1) is 12.5 Å². The molecule has 0 amide bonds. The van der Waals surface area contributed by atoms with Crippen molar-refractivity contribution in [3.05, 3.63) is 0 Å². The topological polar surface area (TPSA) is 69.6 Å². The van der Waals surface area contributed by atoms with E-state index in [-0.39, 0.29) is 11.8 Å². The Kier molecular flexibility index (Phi) is 6.60. The van der Waals surface area contributed by atoms with Gasteiger partial charge in [-0.2, -0.15) is 0 Å². The molecule has 3 N–H and O–H groups in total. The molecule has 0 aromatic carbocycles. The molecule has 1 unspecified atom stereocenters. The lowest BCUT2D eigenvalue weighted by atomic mass is 9.84. The largest absolute Gasteiger partial charge is 0.481 e. The maximum absolute atomic E-state index is 10.3. The van der Waals surface area contributed by atoms with Crippen molar-refractivity contribution in [1.29, 1.82) is 0 Å². The molecule has 0 fully saturated rings. The minimum atomic E-state index is -0.962. The summed E-state index contributed by atoms with van der Waals surface area (Å²) in [5.41, 5.74) is 0.178. The number of rotatable bonds is 8. The van der Waals surface area contributed by atoms with E-state index in [0.717, 1.165) is 13.0 Å². The lowest BCUT2D eigenvalue weighted by Gasteiger charge is -2.27. The summed E-state index contributed by atoms with van der Waals surface area (Å²) in [4.78, 5) is 10.3. The summed E-state index contributed by atoms with van der Waals surface area (Å²) in [6, 6.07) is 0. The summed E-state index contributed by atoms with van der Waals surface area (Å²) in [6.45, 7) is 9.84. The van der Waals surface area contributed by atoms with E-state index in [9.17, 15) is 9.90 Å². The zero-order chi connectivity index (χ0) is 12.8. The summed E-state index contributed by atoms with van der Waals surface area (Å²) in [5, 5.41) is 21.0. The molecule has 0 aliphatic heterocycles. The fourth-order valence-electron chi connectivity index (χ4n) is 2.03. The number of hydrogen-bond acceptors (Lipinski definition) is 3. The fraction of sp³-hybridized carbons (Fsp3) is 0.917. The van der Waals surface area contributed by atoms with E-state index in [2.05, 4.69) is 33.0 Å². The van der Waals surface area contributed by atoms with Crippen LogP contribution in [0.2, 0.25) is 0 Å². The van der Waals surface area contributed by atoms with Crippen LogP contribution in [0.1, 0.15) is 40.5 Å². The van der Waals surface area contributed by atoms with Crippen LogP contribution in [0.4, 0.5) is 0 Å². The zero-order valence-corrected chi connectivity index (χ0v) is 10.8. The van der Waals surface area contributed by atoms with Crippen LogP contribution >= 0.6 is 0 Å². The Bertz CT molecular complexity index is 214. The molecule has 96 valence electrons. The van der Waals surface area contributed by atoms with Gasteiger partial charge in [-0.15, -0.1) is 0 Å². The van der Waals surface area contributed by atoms with Crippen LogP contribution in [-0.2, 0) is 4.79 Å². The molecule has 0 radical (unpaired) electrons. The van der Waals surface area contributed by atoms with E-state index in [1.54, 1.807) is 0 Å². The van der Waals surface area contributed by atoms with Gasteiger partial charge >= 0.3 is 5.97 Å². The van der Waals surface area contributed by atoms with Crippen molar-refractivity contribution in [1.82, 2.24) is 5.32 Å². The number of aliphatic carboxylic acids is 1. The van der Waals surface area contributed by atoms with Crippen LogP contribution in [-0.4, -0.2) is 35.4 Å². The van der Waals surface area contributed by atoms with Crippen LogP contribution in [0, 0.1) is 11.3 Å². The van der Waals surface area contributed by atoms with Crippen molar-refractivity contribution in [2.75, 3.05) is 13.1 Å². The minimum absolute atomic E-state index is 0.178. The first kappa shape index (κ1) is 15.4. The molecule has 0 aromatic heterocycles. The molecule has 4 heteroatoms. The molecule has 0 spiro atoms. The average Bonchev–Trinajstić information content (AvgIpc) is 1.98. The van der Waals surface area contributed by atoms with Gasteiger partial charge in [0.15, 0.2) is 0 Å². The van der Waals surface area contributed by atoms with Crippen LogP contribution in [0.5, 0.6) is 0 Å². The van der Waals surface area contributed by atoms with Gasteiger partial charge in [0, 0.05) is 13.1 Å². The van der Waals surface area contributed by atoms with E-state index in [4.69, 9.17) is 5.11 Å². The van der Waals surface area contributed by atoms with Gasteiger partial charge in [-0.1, -0.05) is 27.7 Å². The van der Waals surface area contributed by atoms with Crippen molar-refractivity contribution in [2.45, 2.75) is 46.6 Å². The fourth-order valence-corrected chi connectivity index (χ4v) is 2.03. The molecule has 0 bridgehead atoms. The molecule has 0 aromatic rings. The predicted octanol–water partition coefficient (Wildman–Crippen LogP) is 1.48. The van der Waals surface area contributed by atoms with Crippen molar-refractivity contribution in [3.8, 4) is 0 Å². The number of nitrogens with one attached hydrogen (secondary N) is 1. The molecule has 1 atom stereocenters. The Morgan fingerprint density at radius 2 is 1.94 bits per heavy atom. The van der Waals surface area contributed by atoms with E-state index >= 15 is 0 Å². The third-order valence-corrected chi connectivity index (χ3v) is 2.35. The lowest BCUT2D eigenvalue weighted by molar-refractivity contribution is -0.139. The predicted molar refractivity (Wildman–Crippen MR) is 64.4 cm³/mol. The number of aliphatic hydroxyl groups excluding tert-OH is 1. The van der Waals surface area contributed by atoms with Gasteiger partial charge in [-0.25, -0.2) is 0 Å². The van der Waals surface area contributed by atoms with Crippen LogP contribution in [0.25, 0.3) is 0 Å². The molecular formula is C12H25NO3. The number of aliphatic hydroxyl groups is 1. The minimum Gasteiger partial charge on any atom is -0.481 e. The highest BCUT2D eigenvalue weighted by molar-refractivity contribution is 5.67. The molecule has 0 rings (SSSR count).